The van der Waals surface area contributed by atoms with Crippen molar-refractivity contribution in [2.45, 2.75) is 11.4 Å². The smallest absolute Gasteiger partial charge is 0.242 e. The number of anilines is 1. The van der Waals surface area contributed by atoms with E-state index in [2.05, 4.69) is 4.72 Å². The molecule has 142 valence electrons. The van der Waals surface area contributed by atoms with Gasteiger partial charge in [0.1, 0.15) is 23.0 Å². The van der Waals surface area contributed by atoms with Crippen LogP contribution in [0.3, 0.4) is 0 Å². The van der Waals surface area contributed by atoms with Crippen molar-refractivity contribution in [1.29, 1.82) is 0 Å². The lowest BCUT2D eigenvalue weighted by molar-refractivity contribution is 0.261. The number of hydrogen-bond donors (Lipinski definition) is 2. The minimum absolute atomic E-state index is 0.0296. The first-order valence-electron chi connectivity index (χ1n) is 8.11. The van der Waals surface area contributed by atoms with Crippen LogP contribution < -0.4 is 19.9 Å². The Bertz CT molecular complexity index is 821. The van der Waals surface area contributed by atoms with Crippen molar-refractivity contribution in [3.63, 3.8) is 0 Å². The fourth-order valence-corrected chi connectivity index (χ4v) is 3.33. The van der Waals surface area contributed by atoms with Crippen LogP contribution in [0.2, 0.25) is 0 Å². The average molecular weight is 379 g/mol. The summed E-state index contributed by atoms with van der Waals surface area (Å²) in [5, 5.41) is 0. The molecule has 0 saturated carbocycles. The van der Waals surface area contributed by atoms with E-state index in [1.807, 2.05) is 43.3 Å². The minimum atomic E-state index is -3.72. The van der Waals surface area contributed by atoms with Gasteiger partial charge in [-0.2, -0.15) is 0 Å². The Morgan fingerprint density at radius 1 is 1.08 bits per heavy atom. The molecular formula is C18H25N3O4S. The number of methoxy groups -OCH3 is 1. The van der Waals surface area contributed by atoms with Crippen LogP contribution in [0.25, 0.3) is 0 Å². The highest BCUT2D eigenvalue weighted by molar-refractivity contribution is 7.89. The van der Waals surface area contributed by atoms with Crippen molar-refractivity contribution in [1.82, 2.24) is 9.62 Å². The normalized spacial score (nSPS) is 11.5. The third-order valence-electron chi connectivity index (χ3n) is 3.70. The Morgan fingerprint density at radius 2 is 1.73 bits per heavy atom. The Kier molecular flexibility index (Phi) is 6.84. The zero-order chi connectivity index (χ0) is 19.2. The first-order valence-corrected chi connectivity index (χ1v) is 9.60. The zero-order valence-electron chi connectivity index (χ0n) is 15.2. The summed E-state index contributed by atoms with van der Waals surface area (Å²) in [5.74, 6) is 1.25. The number of nitrogens with one attached hydrogen (secondary N) is 1. The first-order chi connectivity index (χ1) is 12.3. The summed E-state index contributed by atoms with van der Waals surface area (Å²) < 4.78 is 38.1. The number of sulfonamides is 1. The Hall–Kier alpha value is -2.29. The molecule has 0 amide bonds. The van der Waals surface area contributed by atoms with Crippen LogP contribution in [0, 0.1) is 0 Å². The molecule has 26 heavy (non-hydrogen) atoms. The first kappa shape index (κ1) is 20.0. The summed E-state index contributed by atoms with van der Waals surface area (Å²) in [6.07, 6.45) is 0. The molecular weight excluding hydrogens is 354 g/mol. The van der Waals surface area contributed by atoms with Crippen molar-refractivity contribution < 1.29 is 17.9 Å². The Balaban J connectivity index is 1.97. The van der Waals surface area contributed by atoms with Crippen molar-refractivity contribution in [3.05, 3.63) is 48.0 Å². The monoisotopic (exact) mass is 379 g/mol. The zero-order valence-corrected chi connectivity index (χ0v) is 16.0. The molecule has 2 aromatic carbocycles. The fraction of sp³-hybridized carbons (Fsp3) is 0.333. The van der Waals surface area contributed by atoms with Crippen molar-refractivity contribution in [2.24, 2.45) is 0 Å². The molecule has 0 fully saturated rings. The number of benzene rings is 2. The van der Waals surface area contributed by atoms with Crippen LogP contribution in [-0.4, -0.2) is 47.7 Å². The van der Waals surface area contributed by atoms with Gasteiger partial charge in [0, 0.05) is 19.2 Å². The number of likely N-dealkylation sites (N-methyl/N-ethyl adjacent to an activating group) is 1. The van der Waals surface area contributed by atoms with E-state index in [-0.39, 0.29) is 17.1 Å². The van der Waals surface area contributed by atoms with E-state index in [4.69, 9.17) is 15.2 Å². The molecule has 8 heteroatoms. The maximum absolute atomic E-state index is 12.4. The molecule has 2 rings (SSSR count). The van der Waals surface area contributed by atoms with Gasteiger partial charge in [-0.1, -0.05) is 12.1 Å². The van der Waals surface area contributed by atoms with Gasteiger partial charge in [0.05, 0.1) is 12.8 Å². The van der Waals surface area contributed by atoms with E-state index in [9.17, 15) is 8.42 Å². The maximum Gasteiger partial charge on any atom is 0.242 e. The molecule has 0 heterocycles. The number of ether oxygens (including phenoxy) is 2. The van der Waals surface area contributed by atoms with Gasteiger partial charge in [0.25, 0.3) is 0 Å². The Labute approximate surface area is 154 Å². The molecule has 0 aliphatic carbocycles. The second kappa shape index (κ2) is 8.88. The van der Waals surface area contributed by atoms with E-state index in [0.29, 0.717) is 12.4 Å². The van der Waals surface area contributed by atoms with Gasteiger partial charge in [-0.15, -0.1) is 0 Å². The van der Waals surface area contributed by atoms with Gasteiger partial charge < -0.3 is 20.1 Å². The quantitative estimate of drug-likeness (QED) is 0.644. The summed E-state index contributed by atoms with van der Waals surface area (Å²) in [5.41, 5.74) is 6.78. The van der Waals surface area contributed by atoms with E-state index in [0.717, 1.165) is 17.9 Å². The predicted molar refractivity (Wildman–Crippen MR) is 102 cm³/mol. The van der Waals surface area contributed by atoms with Crippen LogP contribution in [-0.2, 0) is 16.6 Å². The lowest BCUT2D eigenvalue weighted by atomic mass is 10.2. The standard InChI is InChI=1S/C18H25N3O4S/c1-21(2)10-11-25-15-6-4-14(5-7-15)13-20-26(22,23)18-9-8-16(24-3)12-17(18)19/h4-9,12,20H,10-11,13,19H2,1-3H3. The third-order valence-corrected chi connectivity index (χ3v) is 5.18. The van der Waals surface area contributed by atoms with E-state index in [1.165, 1.54) is 19.2 Å². The molecule has 0 aliphatic heterocycles. The van der Waals surface area contributed by atoms with Crippen LogP contribution in [0.4, 0.5) is 5.69 Å². The van der Waals surface area contributed by atoms with Crippen LogP contribution in [0.15, 0.2) is 47.4 Å². The number of rotatable bonds is 9. The predicted octanol–water partition coefficient (Wildman–Crippen LogP) is 1.70. The summed E-state index contributed by atoms with van der Waals surface area (Å²) in [4.78, 5) is 2.07. The molecule has 0 spiro atoms. The largest absolute Gasteiger partial charge is 0.497 e. The SMILES string of the molecule is COc1ccc(S(=O)(=O)NCc2ccc(OCCN(C)C)cc2)c(N)c1. The van der Waals surface area contributed by atoms with E-state index in [1.54, 1.807) is 6.07 Å². The molecule has 0 aliphatic rings. The van der Waals surface area contributed by atoms with Crippen LogP contribution in [0.5, 0.6) is 11.5 Å². The molecule has 0 bridgehead atoms. The molecule has 0 unspecified atom stereocenters. The van der Waals surface area contributed by atoms with Gasteiger partial charge in [0.15, 0.2) is 0 Å². The minimum Gasteiger partial charge on any atom is -0.497 e. The Morgan fingerprint density at radius 3 is 2.31 bits per heavy atom. The summed E-state index contributed by atoms with van der Waals surface area (Å²) in [6.45, 7) is 1.58. The number of hydrogen-bond acceptors (Lipinski definition) is 6. The van der Waals surface area contributed by atoms with Gasteiger partial charge in [-0.25, -0.2) is 13.1 Å². The van der Waals surface area contributed by atoms with Gasteiger partial charge >= 0.3 is 0 Å². The van der Waals surface area contributed by atoms with Crippen molar-refractivity contribution in [3.8, 4) is 11.5 Å². The summed E-state index contributed by atoms with van der Waals surface area (Å²) in [6, 6.07) is 11.8. The van der Waals surface area contributed by atoms with Crippen LogP contribution >= 0.6 is 0 Å². The maximum atomic E-state index is 12.4. The summed E-state index contributed by atoms with van der Waals surface area (Å²) in [7, 11) is 1.74. The fourth-order valence-electron chi connectivity index (χ4n) is 2.20. The highest BCUT2D eigenvalue weighted by Crippen LogP contribution is 2.23. The molecule has 0 atom stereocenters. The second-order valence-corrected chi connectivity index (χ2v) is 7.76. The molecule has 0 radical (unpaired) electrons. The molecule has 0 aromatic heterocycles. The second-order valence-electron chi connectivity index (χ2n) is 6.02. The molecule has 0 saturated heterocycles. The number of nitrogens with zero attached hydrogens (tertiary/aromatic N) is 1. The van der Waals surface area contributed by atoms with Crippen LogP contribution in [0.1, 0.15) is 5.56 Å². The third kappa shape index (κ3) is 5.62. The highest BCUT2D eigenvalue weighted by Gasteiger charge is 2.17. The highest BCUT2D eigenvalue weighted by atomic mass is 32.2. The van der Waals surface area contributed by atoms with Gasteiger partial charge in [-0.05, 0) is 43.9 Å². The van der Waals surface area contributed by atoms with E-state index < -0.39 is 10.0 Å². The number of nitrogens with two attached hydrogens (primary N) is 1. The summed E-state index contributed by atoms with van der Waals surface area (Å²) >= 11 is 0. The molecule has 7 nitrogen and oxygen atoms in total. The van der Waals surface area contributed by atoms with Crippen molar-refractivity contribution >= 4 is 15.7 Å². The topological polar surface area (TPSA) is 93.9 Å². The lowest BCUT2D eigenvalue weighted by Crippen LogP contribution is -2.24. The van der Waals surface area contributed by atoms with Crippen molar-refractivity contribution in [2.75, 3.05) is 40.1 Å². The molecule has 3 N–H and O–H groups in total. The average Bonchev–Trinajstić information content (AvgIpc) is 2.60. The van der Waals surface area contributed by atoms with E-state index >= 15 is 0 Å². The van der Waals surface area contributed by atoms with Gasteiger partial charge in [0.2, 0.25) is 10.0 Å². The van der Waals surface area contributed by atoms with Gasteiger partial charge in [-0.3, -0.25) is 0 Å². The molecule has 2 aromatic rings. The number of nitrogen functional groups attached to an aromatic ring is 1. The lowest BCUT2D eigenvalue weighted by Gasteiger charge is -2.12.